The van der Waals surface area contributed by atoms with Crippen LogP contribution in [0.2, 0.25) is 0 Å². The van der Waals surface area contributed by atoms with Crippen LogP contribution in [0.15, 0.2) is 103 Å². The predicted molar refractivity (Wildman–Crippen MR) is 244 cm³/mol. The fraction of sp³-hybridized carbons (Fsp3) is 0.264. The lowest BCUT2D eigenvalue weighted by molar-refractivity contribution is 0.0603. The number of methoxy groups -OCH3 is 1. The van der Waals surface area contributed by atoms with Gasteiger partial charge >= 0.3 is 12.1 Å². The Balaban J connectivity index is 1.15. The number of carbonyl (C=O) groups is 3. The van der Waals surface area contributed by atoms with Gasteiger partial charge in [0, 0.05) is 22.4 Å². The summed E-state index contributed by atoms with van der Waals surface area (Å²) in [6, 6.07) is 34.5. The molecule has 0 unspecified atom stereocenters. The zero-order valence-electron chi connectivity index (χ0n) is 35.6. The maximum atomic E-state index is 14.6. The third-order valence-electron chi connectivity index (χ3n) is 12.7. The van der Waals surface area contributed by atoms with E-state index in [4.69, 9.17) is 9.47 Å². The molecule has 7 aromatic carbocycles. The number of anilines is 2. The molecule has 7 heteroatoms. The summed E-state index contributed by atoms with van der Waals surface area (Å²) in [5.74, 6) is -0.623. The Labute approximate surface area is 352 Å². The van der Waals surface area contributed by atoms with E-state index >= 15 is 0 Å². The smallest absolute Gasteiger partial charge is 0.411 e. The summed E-state index contributed by atoms with van der Waals surface area (Å²) in [6.45, 7) is 12.6. The van der Waals surface area contributed by atoms with Crippen molar-refractivity contribution < 1.29 is 23.9 Å². The van der Waals surface area contributed by atoms with Gasteiger partial charge in [0.15, 0.2) is 0 Å². The van der Waals surface area contributed by atoms with Crippen molar-refractivity contribution in [2.45, 2.75) is 85.7 Å². The lowest BCUT2D eigenvalue weighted by Crippen LogP contribution is -2.31. The second-order valence-corrected chi connectivity index (χ2v) is 16.7. The lowest BCUT2D eigenvalue weighted by Gasteiger charge is -2.40. The van der Waals surface area contributed by atoms with E-state index in [1.54, 1.807) is 0 Å². The number of carbonyl (C=O) groups excluding carboxylic acids is 3. The number of rotatable bonds is 8. The number of hydrogen-bond acceptors (Lipinski definition) is 5. The van der Waals surface area contributed by atoms with E-state index in [0.29, 0.717) is 11.1 Å². The van der Waals surface area contributed by atoms with Crippen LogP contribution in [0.4, 0.5) is 16.2 Å². The molecule has 1 aliphatic rings. The highest BCUT2D eigenvalue weighted by atomic mass is 16.5. The minimum absolute atomic E-state index is 0.203. The second-order valence-electron chi connectivity index (χ2n) is 16.7. The first-order valence-electron chi connectivity index (χ1n) is 20.9. The van der Waals surface area contributed by atoms with Gasteiger partial charge < -0.3 is 14.8 Å². The molecule has 1 fully saturated rings. The van der Waals surface area contributed by atoms with Crippen molar-refractivity contribution in [2.24, 2.45) is 0 Å². The number of esters is 1. The van der Waals surface area contributed by atoms with Crippen LogP contribution in [0, 0.1) is 41.5 Å². The molecule has 0 saturated heterocycles. The first-order chi connectivity index (χ1) is 28.9. The van der Waals surface area contributed by atoms with Gasteiger partial charge in [0.25, 0.3) is 5.91 Å². The van der Waals surface area contributed by atoms with Crippen LogP contribution in [0.1, 0.15) is 103 Å². The van der Waals surface area contributed by atoms with Gasteiger partial charge in [0.1, 0.15) is 6.61 Å². The number of nitrogens with one attached hydrogen (secondary N) is 2. The molecule has 0 radical (unpaired) electrons. The molecule has 0 spiro atoms. The van der Waals surface area contributed by atoms with Crippen LogP contribution < -0.4 is 10.6 Å². The highest BCUT2D eigenvalue weighted by Crippen LogP contribution is 2.48. The van der Waals surface area contributed by atoms with Gasteiger partial charge in [0.05, 0.1) is 12.7 Å². The number of benzene rings is 7. The molecule has 2 N–H and O–H groups in total. The average Bonchev–Trinajstić information content (AvgIpc) is 3.25. The minimum Gasteiger partial charge on any atom is -0.465 e. The molecule has 304 valence electrons. The molecular formula is C53H52N2O5. The monoisotopic (exact) mass is 796 g/mol. The SMILES string of the molecule is COC(=O)c1cc2cc(C(=O)Nc3c(C)cc(C4(c5cc(C)c(NC(=O)OCc6ccccc6)c(C)c5)CCCCC4)cc3C)c3cccc(C)c3c2c2c(C)cccc12. The lowest BCUT2D eigenvalue weighted by atomic mass is 9.64. The first kappa shape index (κ1) is 40.3. The van der Waals surface area contributed by atoms with E-state index in [1.807, 2.05) is 80.6 Å². The Hall–Kier alpha value is -6.47. The van der Waals surface area contributed by atoms with Crippen LogP contribution in [0.3, 0.4) is 0 Å². The minimum atomic E-state index is -0.476. The summed E-state index contributed by atoms with van der Waals surface area (Å²) in [4.78, 5) is 40.7. The van der Waals surface area contributed by atoms with Crippen molar-refractivity contribution in [2.75, 3.05) is 17.7 Å². The Morgan fingerprint density at radius 1 is 0.567 bits per heavy atom. The maximum Gasteiger partial charge on any atom is 0.411 e. The van der Waals surface area contributed by atoms with Crippen molar-refractivity contribution in [1.82, 2.24) is 0 Å². The van der Waals surface area contributed by atoms with E-state index < -0.39 is 12.1 Å². The molecule has 0 aromatic heterocycles. The van der Waals surface area contributed by atoms with E-state index in [0.717, 1.165) is 108 Å². The Morgan fingerprint density at radius 2 is 1.08 bits per heavy atom. The molecule has 2 amide bonds. The zero-order valence-corrected chi connectivity index (χ0v) is 35.6. The summed E-state index contributed by atoms with van der Waals surface area (Å²) in [6.07, 6.45) is 4.95. The number of hydrogen-bond donors (Lipinski definition) is 2. The summed E-state index contributed by atoms with van der Waals surface area (Å²) in [5.41, 5.74) is 11.8. The van der Waals surface area contributed by atoms with Gasteiger partial charge in [-0.3, -0.25) is 10.1 Å². The molecule has 1 aliphatic carbocycles. The van der Waals surface area contributed by atoms with Crippen LogP contribution in [0.25, 0.3) is 32.3 Å². The van der Waals surface area contributed by atoms with Crippen molar-refractivity contribution in [3.8, 4) is 0 Å². The molecule has 0 heterocycles. The van der Waals surface area contributed by atoms with Crippen molar-refractivity contribution in [1.29, 1.82) is 0 Å². The highest BCUT2D eigenvalue weighted by molar-refractivity contribution is 6.29. The van der Waals surface area contributed by atoms with Gasteiger partial charge in [0.2, 0.25) is 0 Å². The van der Waals surface area contributed by atoms with E-state index in [9.17, 15) is 14.4 Å². The van der Waals surface area contributed by atoms with E-state index in [-0.39, 0.29) is 17.9 Å². The van der Waals surface area contributed by atoms with Gasteiger partial charge in [-0.2, -0.15) is 0 Å². The molecule has 0 bridgehead atoms. The average molecular weight is 797 g/mol. The van der Waals surface area contributed by atoms with Crippen LogP contribution in [-0.4, -0.2) is 25.1 Å². The van der Waals surface area contributed by atoms with Crippen LogP contribution in [0.5, 0.6) is 0 Å². The topological polar surface area (TPSA) is 93.7 Å². The Morgan fingerprint density at radius 3 is 1.63 bits per heavy atom. The van der Waals surface area contributed by atoms with Crippen molar-refractivity contribution in [3.05, 3.63) is 164 Å². The fourth-order valence-electron chi connectivity index (χ4n) is 9.80. The molecule has 7 nitrogen and oxygen atoms in total. The number of aryl methyl sites for hydroxylation is 6. The largest absolute Gasteiger partial charge is 0.465 e. The Bertz CT molecular complexity index is 2810. The molecule has 0 aliphatic heterocycles. The summed E-state index contributed by atoms with van der Waals surface area (Å²) in [7, 11) is 1.40. The van der Waals surface area contributed by atoms with Crippen molar-refractivity contribution >= 4 is 61.7 Å². The van der Waals surface area contributed by atoms with Gasteiger partial charge in [-0.25, -0.2) is 9.59 Å². The third-order valence-corrected chi connectivity index (χ3v) is 12.7. The van der Waals surface area contributed by atoms with Crippen molar-refractivity contribution in [3.63, 3.8) is 0 Å². The molecule has 8 rings (SSSR count). The summed E-state index contributed by atoms with van der Waals surface area (Å²) >= 11 is 0. The van der Waals surface area contributed by atoms with E-state index in [2.05, 4.69) is 74.7 Å². The molecule has 1 saturated carbocycles. The van der Waals surface area contributed by atoms with Crippen LogP contribution >= 0.6 is 0 Å². The van der Waals surface area contributed by atoms with E-state index in [1.165, 1.54) is 24.7 Å². The standard InChI is InChI=1S/C53H52N2O5/c1-31-16-14-20-41-43(28-38-29-44(51(57)59-7)42-21-15-17-32(2)46(42)47(38)45(31)41)50(56)54-48-33(3)24-39(25-34(48)4)53(22-12-9-13-23-53)40-26-35(5)49(36(6)27-40)55-52(58)60-30-37-18-10-8-11-19-37/h8,10-11,14-21,24-29H,9,12-13,22-23,30H2,1-7H3,(H,54,56)(H,55,58). The molecule has 0 atom stereocenters. The Kier molecular flexibility index (Phi) is 10.9. The summed E-state index contributed by atoms with van der Waals surface area (Å²) in [5, 5.41) is 11.8. The van der Waals surface area contributed by atoms with Gasteiger partial charge in [-0.15, -0.1) is 0 Å². The number of amides is 2. The second kappa shape index (κ2) is 16.3. The number of fused-ring (bicyclic) bond motifs is 5. The zero-order chi connectivity index (χ0) is 42.3. The fourth-order valence-corrected chi connectivity index (χ4v) is 9.80. The maximum absolute atomic E-state index is 14.6. The molecule has 60 heavy (non-hydrogen) atoms. The first-order valence-corrected chi connectivity index (χ1v) is 20.9. The number of ether oxygens (including phenoxy) is 2. The highest BCUT2D eigenvalue weighted by Gasteiger charge is 2.37. The third kappa shape index (κ3) is 7.27. The van der Waals surface area contributed by atoms with Gasteiger partial charge in [-0.05, 0) is 149 Å². The quantitative estimate of drug-likeness (QED) is 0.118. The summed E-state index contributed by atoms with van der Waals surface area (Å²) < 4.78 is 10.8. The van der Waals surface area contributed by atoms with Gasteiger partial charge in [-0.1, -0.05) is 110 Å². The molecule has 7 aromatic rings. The molecular weight excluding hydrogens is 745 g/mol. The normalized spacial score (nSPS) is 13.7. The van der Waals surface area contributed by atoms with Crippen LogP contribution in [-0.2, 0) is 21.5 Å². The predicted octanol–water partition coefficient (Wildman–Crippen LogP) is 13.0.